The lowest BCUT2D eigenvalue weighted by Crippen LogP contribution is -2.61. The van der Waals surface area contributed by atoms with Crippen molar-refractivity contribution in [3.05, 3.63) is 22.3 Å². The Kier molecular flexibility index (Phi) is 9.96. The van der Waals surface area contributed by atoms with E-state index < -0.39 is 72.5 Å². The minimum Gasteiger partial charge on any atom is -0.477 e. The van der Waals surface area contributed by atoms with E-state index in [9.17, 15) is 24.0 Å². The molecule has 0 aromatic rings. The normalized spacial score (nSPS) is 21.3. The van der Waals surface area contributed by atoms with Crippen LogP contribution in [-0.4, -0.2) is 73.9 Å². The van der Waals surface area contributed by atoms with Gasteiger partial charge in [0, 0.05) is 32.6 Å². The zero-order valence-corrected chi connectivity index (χ0v) is 18.1. The second-order valence-electron chi connectivity index (χ2n) is 6.55. The molecule has 0 saturated heterocycles. The summed E-state index contributed by atoms with van der Waals surface area (Å²) in [5.74, 6) is -4.27. The van der Waals surface area contributed by atoms with Crippen molar-refractivity contribution < 1.29 is 47.7 Å². The number of nitrogens with one attached hydrogen (secondary N) is 1. The van der Waals surface area contributed by atoms with Gasteiger partial charge < -0.3 is 29.0 Å². The first-order valence-corrected chi connectivity index (χ1v) is 9.26. The molecule has 0 aliphatic carbocycles. The minimum atomic E-state index is -1.50. The van der Waals surface area contributed by atoms with Gasteiger partial charge in [0.1, 0.15) is 6.61 Å². The Morgan fingerprint density at radius 3 is 2.22 bits per heavy atom. The molecule has 1 aliphatic rings. The van der Waals surface area contributed by atoms with Crippen LogP contribution < -0.4 is 5.32 Å². The molecule has 2 unspecified atom stereocenters. The van der Waals surface area contributed by atoms with Crippen LogP contribution in [-0.2, 0) is 47.7 Å². The van der Waals surface area contributed by atoms with Crippen molar-refractivity contribution >= 4 is 29.8 Å². The Labute approximate surface area is 182 Å². The maximum absolute atomic E-state index is 12.1. The van der Waals surface area contributed by atoms with Crippen molar-refractivity contribution in [2.45, 2.75) is 58.1 Å². The van der Waals surface area contributed by atoms with Crippen molar-refractivity contribution in [2.75, 3.05) is 13.7 Å². The summed E-state index contributed by atoms with van der Waals surface area (Å²) in [6.07, 6.45) is -3.19. The van der Waals surface area contributed by atoms with Gasteiger partial charge >= 0.3 is 23.9 Å². The molecule has 5 atom stereocenters. The lowest BCUT2D eigenvalue weighted by molar-refractivity contribution is -0.187. The summed E-state index contributed by atoms with van der Waals surface area (Å²) in [5, 5.41) is 6.07. The molecule has 1 aliphatic heterocycles. The standard InChI is InChI=1S/C18H24N4O10/c1-8(23)20-15-12(21-22-19)6-13(18(27)28-5)32-17(15)16(31-11(4)26)14(30-10(3)25)7-29-9(2)24/h6,12,14-17H,7H2,1-5H3,(H,20,23)/t12-,14?,15+,16?,17+/m0/s1. The number of rotatable bonds is 9. The molecule has 1 N–H and O–H groups in total. The Morgan fingerprint density at radius 1 is 1.12 bits per heavy atom. The van der Waals surface area contributed by atoms with Crippen LogP contribution in [0.2, 0.25) is 0 Å². The molecule has 1 amide bonds. The molecule has 32 heavy (non-hydrogen) atoms. The van der Waals surface area contributed by atoms with Gasteiger partial charge in [0.05, 0.1) is 19.2 Å². The fourth-order valence-electron chi connectivity index (χ4n) is 2.92. The van der Waals surface area contributed by atoms with E-state index in [-0.39, 0.29) is 0 Å². The van der Waals surface area contributed by atoms with Gasteiger partial charge in [-0.1, -0.05) is 5.11 Å². The summed E-state index contributed by atoms with van der Waals surface area (Å²) in [4.78, 5) is 61.4. The third-order valence-electron chi connectivity index (χ3n) is 4.01. The number of hydrogen-bond acceptors (Lipinski definition) is 11. The highest BCUT2D eigenvalue weighted by Crippen LogP contribution is 2.28. The summed E-state index contributed by atoms with van der Waals surface area (Å²) in [5.41, 5.74) is 8.94. The molecular formula is C18H24N4O10. The largest absolute Gasteiger partial charge is 0.477 e. The lowest BCUT2D eigenvalue weighted by Gasteiger charge is -2.40. The van der Waals surface area contributed by atoms with E-state index in [1.165, 1.54) is 6.92 Å². The van der Waals surface area contributed by atoms with Gasteiger partial charge in [-0.3, -0.25) is 19.2 Å². The van der Waals surface area contributed by atoms with Crippen LogP contribution in [0.15, 0.2) is 16.9 Å². The number of nitrogens with zero attached hydrogens (tertiary/aromatic N) is 3. The van der Waals surface area contributed by atoms with Gasteiger partial charge in [0.25, 0.3) is 0 Å². The molecule has 0 aromatic heterocycles. The van der Waals surface area contributed by atoms with E-state index in [1.54, 1.807) is 0 Å². The van der Waals surface area contributed by atoms with E-state index in [2.05, 4.69) is 20.1 Å². The first-order valence-electron chi connectivity index (χ1n) is 9.26. The van der Waals surface area contributed by atoms with Gasteiger partial charge in [-0.25, -0.2) is 4.79 Å². The first kappa shape index (κ1) is 26.2. The lowest BCUT2D eigenvalue weighted by atomic mass is 9.92. The van der Waals surface area contributed by atoms with Crippen LogP contribution in [0.3, 0.4) is 0 Å². The third kappa shape index (κ3) is 7.80. The molecule has 14 nitrogen and oxygen atoms in total. The van der Waals surface area contributed by atoms with Crippen molar-refractivity contribution in [2.24, 2.45) is 5.11 Å². The number of ether oxygens (including phenoxy) is 5. The number of amides is 1. The van der Waals surface area contributed by atoms with Gasteiger partial charge in [0.2, 0.25) is 11.7 Å². The zero-order chi connectivity index (χ0) is 24.4. The molecule has 0 spiro atoms. The molecule has 0 radical (unpaired) electrons. The quantitative estimate of drug-likeness (QED) is 0.163. The SMILES string of the molecule is COC(=O)C1=C[C@H](N=[N+]=[N-])[C@@H](NC(C)=O)[C@H](C(OC(C)=O)C(COC(C)=O)OC(C)=O)O1. The molecule has 0 bridgehead atoms. The first-order chi connectivity index (χ1) is 15.0. The van der Waals surface area contributed by atoms with Crippen LogP contribution >= 0.6 is 0 Å². The summed E-state index contributed by atoms with van der Waals surface area (Å²) in [6, 6.07) is -2.35. The molecule has 0 aromatic carbocycles. The smallest absolute Gasteiger partial charge is 0.372 e. The van der Waals surface area contributed by atoms with Crippen LogP contribution in [0.1, 0.15) is 27.7 Å². The zero-order valence-electron chi connectivity index (χ0n) is 18.1. The second-order valence-corrected chi connectivity index (χ2v) is 6.55. The van der Waals surface area contributed by atoms with Gasteiger partial charge in [0.15, 0.2) is 18.3 Å². The maximum atomic E-state index is 12.1. The molecule has 1 rings (SSSR count). The molecule has 1 heterocycles. The van der Waals surface area contributed by atoms with Crippen LogP contribution in [0.4, 0.5) is 0 Å². The van der Waals surface area contributed by atoms with Crippen LogP contribution in [0.25, 0.3) is 10.4 Å². The topological polar surface area (TPSA) is 192 Å². The predicted octanol–water partition coefficient (Wildman–Crippen LogP) is 0.0522. The fourth-order valence-corrected chi connectivity index (χ4v) is 2.92. The highest BCUT2D eigenvalue weighted by atomic mass is 16.6. The van der Waals surface area contributed by atoms with Crippen molar-refractivity contribution in [1.82, 2.24) is 5.32 Å². The highest BCUT2D eigenvalue weighted by molar-refractivity contribution is 5.86. The predicted molar refractivity (Wildman–Crippen MR) is 103 cm³/mol. The van der Waals surface area contributed by atoms with Gasteiger partial charge in [-0.2, -0.15) is 0 Å². The number of esters is 4. The van der Waals surface area contributed by atoms with Crippen molar-refractivity contribution in [3.8, 4) is 0 Å². The average molecular weight is 456 g/mol. The number of carbonyl (C=O) groups is 5. The summed E-state index contributed by atoms with van der Waals surface area (Å²) < 4.78 is 25.6. The average Bonchev–Trinajstić information content (AvgIpc) is 2.69. The molecular weight excluding hydrogens is 432 g/mol. The van der Waals surface area contributed by atoms with Gasteiger partial charge in [-0.15, -0.1) is 0 Å². The van der Waals surface area contributed by atoms with E-state index in [4.69, 9.17) is 24.5 Å². The molecule has 0 saturated carbocycles. The fraction of sp³-hybridized carbons (Fsp3) is 0.611. The van der Waals surface area contributed by atoms with Crippen molar-refractivity contribution in [1.29, 1.82) is 0 Å². The molecule has 176 valence electrons. The minimum absolute atomic E-state index is 0.400. The van der Waals surface area contributed by atoms with E-state index >= 15 is 0 Å². The Balaban J connectivity index is 3.57. The maximum Gasteiger partial charge on any atom is 0.372 e. The number of azide groups is 1. The third-order valence-corrected chi connectivity index (χ3v) is 4.01. The Hall–Kier alpha value is -3.80. The monoisotopic (exact) mass is 456 g/mol. The summed E-state index contributed by atoms with van der Waals surface area (Å²) >= 11 is 0. The second kappa shape index (κ2) is 12.2. The summed E-state index contributed by atoms with van der Waals surface area (Å²) in [7, 11) is 1.08. The number of carbonyl (C=O) groups excluding carboxylic acids is 5. The van der Waals surface area contributed by atoms with E-state index in [0.717, 1.165) is 34.0 Å². The Morgan fingerprint density at radius 2 is 1.75 bits per heavy atom. The van der Waals surface area contributed by atoms with Crippen molar-refractivity contribution in [3.63, 3.8) is 0 Å². The summed E-state index contributed by atoms with van der Waals surface area (Å²) in [6.45, 7) is 3.87. The van der Waals surface area contributed by atoms with E-state index in [0.29, 0.717) is 0 Å². The number of methoxy groups -OCH3 is 1. The van der Waals surface area contributed by atoms with Crippen LogP contribution in [0.5, 0.6) is 0 Å². The molecule has 14 heteroatoms. The van der Waals surface area contributed by atoms with E-state index in [1.807, 2.05) is 0 Å². The Bertz CT molecular complexity index is 836. The highest BCUT2D eigenvalue weighted by Gasteiger charge is 2.47. The van der Waals surface area contributed by atoms with Gasteiger partial charge in [-0.05, 0) is 11.6 Å². The number of hydrogen-bond donors (Lipinski definition) is 1. The van der Waals surface area contributed by atoms with Crippen LogP contribution in [0, 0.1) is 0 Å². The molecule has 0 fully saturated rings.